The first kappa shape index (κ1) is 18.7. The summed E-state index contributed by atoms with van der Waals surface area (Å²) in [5.74, 6) is 2.22. The number of hydrogen-bond acceptors (Lipinski definition) is 4. The molecule has 0 aliphatic heterocycles. The zero-order chi connectivity index (χ0) is 18.4. The van der Waals surface area contributed by atoms with Crippen LogP contribution in [0.3, 0.4) is 0 Å². The molecular formula is C22H29NO3. The predicted octanol–water partition coefficient (Wildman–Crippen LogP) is 3.66. The van der Waals surface area contributed by atoms with E-state index in [4.69, 9.17) is 15.2 Å². The Bertz CT molecular complexity index is 701. The molecule has 3 N–H and O–H groups in total. The number of rotatable bonds is 8. The third kappa shape index (κ3) is 4.77. The van der Waals surface area contributed by atoms with Crippen molar-refractivity contribution in [3.05, 3.63) is 59.7 Å². The topological polar surface area (TPSA) is 64.7 Å². The molecule has 0 aromatic heterocycles. The van der Waals surface area contributed by atoms with Crippen molar-refractivity contribution >= 4 is 0 Å². The van der Waals surface area contributed by atoms with Crippen LogP contribution < -0.4 is 15.2 Å². The summed E-state index contributed by atoms with van der Waals surface area (Å²) < 4.78 is 11.4. The largest absolute Gasteiger partial charge is 0.494 e. The van der Waals surface area contributed by atoms with Gasteiger partial charge in [0.15, 0.2) is 0 Å². The van der Waals surface area contributed by atoms with Crippen LogP contribution in [0.15, 0.2) is 48.5 Å². The summed E-state index contributed by atoms with van der Waals surface area (Å²) >= 11 is 0. The normalized spacial score (nSPS) is 22.3. The smallest absolute Gasteiger partial charge is 0.119 e. The van der Waals surface area contributed by atoms with E-state index in [-0.39, 0.29) is 6.61 Å². The minimum absolute atomic E-state index is 0.0647. The van der Waals surface area contributed by atoms with Gasteiger partial charge in [-0.1, -0.05) is 24.3 Å². The lowest BCUT2D eigenvalue weighted by atomic mass is 9.94. The van der Waals surface area contributed by atoms with Crippen LogP contribution in [0.25, 0.3) is 0 Å². The van der Waals surface area contributed by atoms with Crippen molar-refractivity contribution in [3.8, 4) is 11.5 Å². The van der Waals surface area contributed by atoms with Gasteiger partial charge in [-0.25, -0.2) is 0 Å². The van der Waals surface area contributed by atoms with Crippen LogP contribution in [0.4, 0.5) is 0 Å². The Kier molecular flexibility index (Phi) is 6.17. The number of nitrogens with two attached hydrogens (primary N) is 1. The number of aliphatic hydroxyl groups excluding tert-OH is 1. The summed E-state index contributed by atoms with van der Waals surface area (Å²) in [4.78, 5) is 0. The zero-order valence-electron chi connectivity index (χ0n) is 15.5. The van der Waals surface area contributed by atoms with E-state index < -0.39 is 5.54 Å². The fourth-order valence-corrected chi connectivity index (χ4v) is 3.67. The van der Waals surface area contributed by atoms with Gasteiger partial charge in [-0.2, -0.15) is 0 Å². The third-order valence-corrected chi connectivity index (χ3v) is 5.18. The minimum atomic E-state index is -0.407. The van der Waals surface area contributed by atoms with Crippen molar-refractivity contribution in [3.63, 3.8) is 0 Å². The average molecular weight is 355 g/mol. The highest BCUT2D eigenvalue weighted by Gasteiger charge is 2.35. The Morgan fingerprint density at radius 2 is 1.92 bits per heavy atom. The molecule has 0 heterocycles. The van der Waals surface area contributed by atoms with Crippen molar-refractivity contribution in [2.24, 2.45) is 5.73 Å². The average Bonchev–Trinajstić information content (AvgIpc) is 3.06. The summed E-state index contributed by atoms with van der Waals surface area (Å²) in [6.45, 7) is 3.36. The van der Waals surface area contributed by atoms with E-state index in [9.17, 15) is 5.11 Å². The molecule has 3 rings (SSSR count). The van der Waals surface area contributed by atoms with Crippen LogP contribution in [0.2, 0.25) is 0 Å². The van der Waals surface area contributed by atoms with Gasteiger partial charge in [0.1, 0.15) is 11.5 Å². The van der Waals surface area contributed by atoms with Crippen molar-refractivity contribution in [2.45, 2.75) is 44.1 Å². The minimum Gasteiger partial charge on any atom is -0.494 e. The Labute approximate surface area is 155 Å². The van der Waals surface area contributed by atoms with Gasteiger partial charge in [0.25, 0.3) is 0 Å². The lowest BCUT2D eigenvalue weighted by Gasteiger charge is -2.21. The van der Waals surface area contributed by atoms with Crippen LogP contribution >= 0.6 is 0 Å². The molecule has 0 radical (unpaired) electrons. The van der Waals surface area contributed by atoms with E-state index in [0.717, 1.165) is 37.2 Å². The SMILES string of the molecule is CCOc1cccc(CCOc2ccc([C@@H]3CC[C@@](N)(CO)C3)cc2)c1. The quantitative estimate of drug-likeness (QED) is 0.758. The molecule has 4 heteroatoms. The van der Waals surface area contributed by atoms with E-state index >= 15 is 0 Å². The number of hydrogen-bond donors (Lipinski definition) is 2. The van der Waals surface area contributed by atoms with Crippen LogP contribution in [0.5, 0.6) is 11.5 Å². The highest BCUT2D eigenvalue weighted by Crippen LogP contribution is 2.39. The van der Waals surface area contributed by atoms with E-state index in [1.54, 1.807) is 0 Å². The summed E-state index contributed by atoms with van der Waals surface area (Å²) in [5.41, 5.74) is 8.27. The Morgan fingerprint density at radius 1 is 1.12 bits per heavy atom. The highest BCUT2D eigenvalue weighted by molar-refractivity contribution is 5.31. The molecule has 1 aliphatic carbocycles. The van der Waals surface area contributed by atoms with E-state index in [1.165, 1.54) is 11.1 Å². The molecule has 0 unspecified atom stereocenters. The van der Waals surface area contributed by atoms with Crippen molar-refractivity contribution in [1.29, 1.82) is 0 Å². The molecule has 1 aliphatic rings. The second-order valence-corrected chi connectivity index (χ2v) is 7.21. The van der Waals surface area contributed by atoms with Crippen molar-refractivity contribution in [1.82, 2.24) is 0 Å². The Morgan fingerprint density at radius 3 is 2.62 bits per heavy atom. The van der Waals surface area contributed by atoms with E-state index in [2.05, 4.69) is 24.3 Å². The van der Waals surface area contributed by atoms with Crippen molar-refractivity contribution in [2.75, 3.05) is 19.8 Å². The first-order valence-corrected chi connectivity index (χ1v) is 9.46. The molecule has 2 atom stereocenters. The van der Waals surface area contributed by atoms with Gasteiger partial charge in [0.2, 0.25) is 0 Å². The molecule has 0 spiro atoms. The molecule has 2 aromatic carbocycles. The number of ether oxygens (including phenoxy) is 2. The van der Waals surface area contributed by atoms with E-state index in [1.807, 2.05) is 31.2 Å². The Balaban J connectivity index is 1.50. The van der Waals surface area contributed by atoms with E-state index in [0.29, 0.717) is 19.1 Å². The van der Waals surface area contributed by atoms with Gasteiger partial charge in [0, 0.05) is 12.0 Å². The van der Waals surface area contributed by atoms with Gasteiger partial charge in [-0.05, 0) is 67.5 Å². The van der Waals surface area contributed by atoms with Gasteiger partial charge < -0.3 is 20.3 Å². The van der Waals surface area contributed by atoms with Crippen LogP contribution in [0, 0.1) is 0 Å². The fourth-order valence-electron chi connectivity index (χ4n) is 3.67. The Hall–Kier alpha value is -2.04. The molecule has 0 bridgehead atoms. The summed E-state index contributed by atoms with van der Waals surface area (Å²) in [7, 11) is 0. The maximum atomic E-state index is 9.42. The predicted molar refractivity (Wildman–Crippen MR) is 104 cm³/mol. The molecule has 0 saturated heterocycles. The molecular weight excluding hydrogens is 326 g/mol. The lowest BCUT2D eigenvalue weighted by Crippen LogP contribution is -2.40. The monoisotopic (exact) mass is 355 g/mol. The summed E-state index contributed by atoms with van der Waals surface area (Å²) in [6, 6.07) is 16.5. The van der Waals surface area contributed by atoms with Crippen LogP contribution in [-0.4, -0.2) is 30.5 Å². The molecule has 140 valence electrons. The van der Waals surface area contributed by atoms with Gasteiger partial charge in [0.05, 0.1) is 19.8 Å². The second-order valence-electron chi connectivity index (χ2n) is 7.21. The zero-order valence-corrected chi connectivity index (χ0v) is 15.5. The summed E-state index contributed by atoms with van der Waals surface area (Å²) in [5, 5.41) is 9.42. The summed E-state index contributed by atoms with van der Waals surface area (Å²) in [6.07, 6.45) is 3.61. The van der Waals surface area contributed by atoms with Crippen LogP contribution in [0.1, 0.15) is 43.2 Å². The fraction of sp³-hybridized carbons (Fsp3) is 0.455. The van der Waals surface area contributed by atoms with Gasteiger partial charge >= 0.3 is 0 Å². The maximum absolute atomic E-state index is 9.42. The van der Waals surface area contributed by atoms with Gasteiger partial charge in [-0.15, -0.1) is 0 Å². The molecule has 1 saturated carbocycles. The first-order valence-electron chi connectivity index (χ1n) is 9.46. The molecule has 1 fully saturated rings. The second kappa shape index (κ2) is 8.56. The molecule has 2 aromatic rings. The molecule has 0 amide bonds. The molecule has 26 heavy (non-hydrogen) atoms. The third-order valence-electron chi connectivity index (χ3n) is 5.18. The van der Waals surface area contributed by atoms with Crippen LogP contribution in [-0.2, 0) is 6.42 Å². The molecule has 4 nitrogen and oxygen atoms in total. The highest BCUT2D eigenvalue weighted by atomic mass is 16.5. The maximum Gasteiger partial charge on any atom is 0.119 e. The standard InChI is InChI=1S/C22H29NO3/c1-2-25-21-5-3-4-17(14-21)11-13-26-20-8-6-18(7-9-20)19-10-12-22(23,15-19)16-24/h3-9,14,19,24H,2,10-13,15-16,23H2,1H3/t19-,22+/m1/s1. The first-order chi connectivity index (χ1) is 12.6. The lowest BCUT2D eigenvalue weighted by molar-refractivity contribution is 0.198. The van der Waals surface area contributed by atoms with Gasteiger partial charge in [-0.3, -0.25) is 0 Å². The number of aliphatic hydroxyl groups is 1. The number of benzene rings is 2. The van der Waals surface area contributed by atoms with Crippen molar-refractivity contribution < 1.29 is 14.6 Å².